The van der Waals surface area contributed by atoms with E-state index in [1.807, 2.05) is 19.1 Å². The number of aromatic nitrogens is 1. The summed E-state index contributed by atoms with van der Waals surface area (Å²) in [4.78, 5) is 4.69. The van der Waals surface area contributed by atoms with Crippen LogP contribution in [0.4, 0.5) is 5.69 Å². The Labute approximate surface area is 123 Å². The minimum Gasteiger partial charge on any atom is -0.399 e. The van der Waals surface area contributed by atoms with Gasteiger partial charge in [-0.15, -0.1) is 11.3 Å². The van der Waals surface area contributed by atoms with Crippen molar-refractivity contribution in [2.45, 2.75) is 6.92 Å². The zero-order chi connectivity index (χ0) is 12.7. The van der Waals surface area contributed by atoms with Crippen molar-refractivity contribution in [3.8, 4) is 10.6 Å². The van der Waals surface area contributed by atoms with Crippen LogP contribution in [0.2, 0.25) is 0 Å². The molecule has 2 N–H and O–H groups in total. The van der Waals surface area contributed by atoms with E-state index in [1.165, 1.54) is 8.27 Å². The molecule has 3 aromatic rings. The molecule has 0 amide bonds. The zero-order valence-electron chi connectivity index (χ0n) is 9.77. The third kappa shape index (κ3) is 2.10. The van der Waals surface area contributed by atoms with E-state index in [9.17, 15) is 0 Å². The Morgan fingerprint density at radius 3 is 2.78 bits per heavy atom. The van der Waals surface area contributed by atoms with Gasteiger partial charge in [-0.2, -0.15) is 0 Å². The second kappa shape index (κ2) is 4.51. The maximum Gasteiger partial charge on any atom is 0.124 e. The summed E-state index contributed by atoms with van der Waals surface area (Å²) >= 11 is 4.03. The SMILES string of the molecule is Cc1cc(-c2nc3cc(I)ccc3s2)ccc1N. The van der Waals surface area contributed by atoms with E-state index < -0.39 is 0 Å². The molecule has 2 aromatic carbocycles. The van der Waals surface area contributed by atoms with Gasteiger partial charge in [-0.05, 0) is 71.5 Å². The molecule has 0 aliphatic rings. The van der Waals surface area contributed by atoms with Gasteiger partial charge >= 0.3 is 0 Å². The van der Waals surface area contributed by atoms with Crippen LogP contribution >= 0.6 is 33.9 Å². The van der Waals surface area contributed by atoms with Crippen LogP contribution in [0, 0.1) is 10.5 Å². The van der Waals surface area contributed by atoms with E-state index in [-0.39, 0.29) is 0 Å². The van der Waals surface area contributed by atoms with Gasteiger partial charge in [-0.3, -0.25) is 0 Å². The first-order valence-corrected chi connectivity index (χ1v) is 7.45. The Kier molecular flexibility index (Phi) is 2.99. The molecule has 4 heteroatoms. The van der Waals surface area contributed by atoms with Crippen LogP contribution < -0.4 is 5.73 Å². The number of hydrogen-bond acceptors (Lipinski definition) is 3. The van der Waals surface area contributed by atoms with Crippen LogP contribution in [0.5, 0.6) is 0 Å². The molecule has 0 aliphatic carbocycles. The lowest BCUT2D eigenvalue weighted by Crippen LogP contribution is -1.89. The summed E-state index contributed by atoms with van der Waals surface area (Å²) in [7, 11) is 0. The zero-order valence-corrected chi connectivity index (χ0v) is 12.7. The number of halogens is 1. The molecule has 90 valence electrons. The lowest BCUT2D eigenvalue weighted by Gasteiger charge is -2.01. The molecule has 0 spiro atoms. The predicted octanol–water partition coefficient (Wildman–Crippen LogP) is 4.46. The molecule has 0 aliphatic heterocycles. The van der Waals surface area contributed by atoms with Crippen molar-refractivity contribution in [3.05, 3.63) is 45.5 Å². The molecule has 2 nitrogen and oxygen atoms in total. The minimum absolute atomic E-state index is 0.828. The number of nitrogens with zero attached hydrogens (tertiary/aromatic N) is 1. The Morgan fingerprint density at radius 2 is 2.00 bits per heavy atom. The fraction of sp³-hybridized carbons (Fsp3) is 0.0714. The van der Waals surface area contributed by atoms with Gasteiger partial charge in [0.2, 0.25) is 0 Å². The van der Waals surface area contributed by atoms with Crippen molar-refractivity contribution in [2.75, 3.05) is 5.73 Å². The number of aryl methyl sites for hydroxylation is 1. The van der Waals surface area contributed by atoms with Crippen molar-refractivity contribution in [1.29, 1.82) is 0 Å². The van der Waals surface area contributed by atoms with E-state index in [0.29, 0.717) is 0 Å². The molecule has 0 bridgehead atoms. The van der Waals surface area contributed by atoms with E-state index in [0.717, 1.165) is 27.3 Å². The molecule has 3 rings (SSSR count). The van der Waals surface area contributed by atoms with Crippen LogP contribution in [-0.2, 0) is 0 Å². The maximum absolute atomic E-state index is 5.84. The van der Waals surface area contributed by atoms with Crippen LogP contribution in [-0.4, -0.2) is 4.98 Å². The fourth-order valence-corrected chi connectivity index (χ4v) is 3.25. The van der Waals surface area contributed by atoms with Gasteiger partial charge in [0.15, 0.2) is 0 Å². The first-order valence-electron chi connectivity index (χ1n) is 5.56. The average Bonchev–Trinajstić information content (AvgIpc) is 2.75. The summed E-state index contributed by atoms with van der Waals surface area (Å²) in [5, 5.41) is 1.05. The van der Waals surface area contributed by atoms with Crippen LogP contribution in [0.1, 0.15) is 5.56 Å². The molecule has 1 aromatic heterocycles. The largest absolute Gasteiger partial charge is 0.399 e. The highest BCUT2D eigenvalue weighted by molar-refractivity contribution is 14.1. The van der Waals surface area contributed by atoms with Crippen molar-refractivity contribution in [2.24, 2.45) is 0 Å². The lowest BCUT2D eigenvalue weighted by atomic mass is 10.1. The maximum atomic E-state index is 5.84. The topological polar surface area (TPSA) is 38.9 Å². The van der Waals surface area contributed by atoms with Crippen molar-refractivity contribution in [3.63, 3.8) is 0 Å². The molecule has 0 fully saturated rings. The highest BCUT2D eigenvalue weighted by Gasteiger charge is 2.07. The second-order valence-corrected chi connectivity index (χ2v) is 6.48. The van der Waals surface area contributed by atoms with Gasteiger partial charge < -0.3 is 5.73 Å². The number of hydrogen-bond donors (Lipinski definition) is 1. The molecule has 18 heavy (non-hydrogen) atoms. The summed E-state index contributed by atoms with van der Waals surface area (Å²) in [5.41, 5.74) is 9.97. The number of nitrogens with two attached hydrogens (primary N) is 1. The van der Waals surface area contributed by atoms with Gasteiger partial charge in [0.05, 0.1) is 10.2 Å². The van der Waals surface area contributed by atoms with E-state index in [2.05, 4.69) is 51.8 Å². The average molecular weight is 366 g/mol. The predicted molar refractivity (Wildman–Crippen MR) is 86.9 cm³/mol. The van der Waals surface area contributed by atoms with Crippen molar-refractivity contribution < 1.29 is 0 Å². The third-order valence-corrected chi connectivity index (χ3v) is 4.62. The molecule has 0 saturated heterocycles. The highest BCUT2D eigenvalue weighted by atomic mass is 127. The van der Waals surface area contributed by atoms with Gasteiger partial charge in [0.1, 0.15) is 5.01 Å². The highest BCUT2D eigenvalue weighted by Crippen LogP contribution is 2.32. The van der Waals surface area contributed by atoms with Crippen molar-refractivity contribution >= 4 is 49.8 Å². The summed E-state index contributed by atoms with van der Waals surface area (Å²) < 4.78 is 2.44. The lowest BCUT2D eigenvalue weighted by molar-refractivity contribution is 1.43. The van der Waals surface area contributed by atoms with E-state index in [4.69, 9.17) is 5.73 Å². The Balaban J connectivity index is 2.16. The number of thiazole rings is 1. The Morgan fingerprint density at radius 1 is 1.17 bits per heavy atom. The van der Waals surface area contributed by atoms with Crippen LogP contribution in [0.15, 0.2) is 36.4 Å². The number of anilines is 1. The molecule has 0 unspecified atom stereocenters. The van der Waals surface area contributed by atoms with E-state index >= 15 is 0 Å². The summed E-state index contributed by atoms with van der Waals surface area (Å²) in [6, 6.07) is 12.4. The van der Waals surface area contributed by atoms with Crippen LogP contribution in [0.25, 0.3) is 20.8 Å². The first-order chi connectivity index (χ1) is 8.63. The Hall–Kier alpha value is -1.14. The number of benzene rings is 2. The number of nitrogen functional groups attached to an aromatic ring is 1. The van der Waals surface area contributed by atoms with Gasteiger partial charge in [0, 0.05) is 14.8 Å². The molecule has 0 radical (unpaired) electrons. The summed E-state index contributed by atoms with van der Waals surface area (Å²) in [6.45, 7) is 2.02. The standard InChI is InChI=1S/C14H11IN2S/c1-8-6-9(2-4-11(8)16)14-17-12-7-10(15)3-5-13(12)18-14/h2-7H,16H2,1H3. The van der Waals surface area contributed by atoms with Gasteiger partial charge in [-0.25, -0.2) is 4.98 Å². The Bertz CT molecular complexity index is 734. The summed E-state index contributed by atoms with van der Waals surface area (Å²) in [6.07, 6.45) is 0. The summed E-state index contributed by atoms with van der Waals surface area (Å²) in [5.74, 6) is 0. The smallest absolute Gasteiger partial charge is 0.124 e. The molecular weight excluding hydrogens is 355 g/mol. The van der Waals surface area contributed by atoms with Crippen molar-refractivity contribution in [1.82, 2.24) is 4.98 Å². The van der Waals surface area contributed by atoms with Gasteiger partial charge in [0.25, 0.3) is 0 Å². The molecular formula is C14H11IN2S. The molecule has 0 saturated carbocycles. The number of rotatable bonds is 1. The normalized spacial score (nSPS) is 11.0. The molecule has 0 atom stereocenters. The monoisotopic (exact) mass is 366 g/mol. The quantitative estimate of drug-likeness (QED) is 0.510. The first kappa shape index (κ1) is 11.9. The third-order valence-electron chi connectivity index (χ3n) is 2.87. The van der Waals surface area contributed by atoms with Gasteiger partial charge in [-0.1, -0.05) is 0 Å². The fourth-order valence-electron chi connectivity index (χ4n) is 1.83. The van der Waals surface area contributed by atoms with E-state index in [1.54, 1.807) is 11.3 Å². The molecule has 1 heterocycles. The second-order valence-electron chi connectivity index (χ2n) is 4.20. The van der Waals surface area contributed by atoms with Crippen LogP contribution in [0.3, 0.4) is 0 Å². The minimum atomic E-state index is 0.828. The number of fused-ring (bicyclic) bond motifs is 1.